The van der Waals surface area contributed by atoms with Gasteiger partial charge in [-0.2, -0.15) is 4.98 Å². The molecule has 1 aliphatic rings. The second-order valence-corrected chi connectivity index (χ2v) is 5.51. The van der Waals surface area contributed by atoms with Crippen molar-refractivity contribution in [2.45, 2.75) is 12.5 Å². The van der Waals surface area contributed by atoms with E-state index >= 15 is 0 Å². The molecule has 112 valence electrons. The van der Waals surface area contributed by atoms with Gasteiger partial charge in [-0.25, -0.2) is 0 Å². The van der Waals surface area contributed by atoms with Gasteiger partial charge in [-0.3, -0.25) is 4.98 Å². The Balaban J connectivity index is 1.75. The molecule has 0 aromatic carbocycles. The van der Waals surface area contributed by atoms with Crippen LogP contribution < -0.4 is 0 Å². The molecule has 0 bridgehead atoms. The summed E-state index contributed by atoms with van der Waals surface area (Å²) >= 11 is 0. The van der Waals surface area contributed by atoms with Crippen molar-refractivity contribution in [3.8, 4) is 17.2 Å². The zero-order valence-electron chi connectivity index (χ0n) is 12.2. The third-order valence-corrected chi connectivity index (χ3v) is 3.90. The van der Waals surface area contributed by atoms with Gasteiger partial charge < -0.3 is 19.4 Å². The highest BCUT2D eigenvalue weighted by atomic mass is 16.5. The molecule has 7 heteroatoms. The van der Waals surface area contributed by atoms with Crippen molar-refractivity contribution in [2.24, 2.45) is 0 Å². The number of piperazine rings is 1. The summed E-state index contributed by atoms with van der Waals surface area (Å²) in [7, 11) is 4.24. The van der Waals surface area contributed by atoms with Gasteiger partial charge in [-0.1, -0.05) is 5.16 Å². The number of aromatic nitrogens is 3. The van der Waals surface area contributed by atoms with Crippen molar-refractivity contribution in [1.29, 1.82) is 0 Å². The first kappa shape index (κ1) is 14.0. The second kappa shape index (κ2) is 5.79. The van der Waals surface area contributed by atoms with Gasteiger partial charge in [0.25, 0.3) is 5.89 Å². The van der Waals surface area contributed by atoms with Crippen LogP contribution in [0.2, 0.25) is 0 Å². The first-order valence-electron chi connectivity index (χ1n) is 6.98. The van der Waals surface area contributed by atoms with Crippen LogP contribution in [-0.4, -0.2) is 69.8 Å². The van der Waals surface area contributed by atoms with E-state index in [0.717, 1.165) is 26.1 Å². The van der Waals surface area contributed by atoms with E-state index in [9.17, 15) is 5.11 Å². The molecule has 1 saturated heterocycles. The monoisotopic (exact) mass is 289 g/mol. The van der Waals surface area contributed by atoms with E-state index < -0.39 is 0 Å². The number of aromatic hydroxyl groups is 1. The van der Waals surface area contributed by atoms with Gasteiger partial charge in [0.15, 0.2) is 5.82 Å². The molecule has 7 nitrogen and oxygen atoms in total. The molecule has 0 spiro atoms. The minimum atomic E-state index is 0.0437. The van der Waals surface area contributed by atoms with Crippen molar-refractivity contribution in [1.82, 2.24) is 24.9 Å². The zero-order chi connectivity index (χ0) is 14.8. The van der Waals surface area contributed by atoms with Crippen LogP contribution in [0.25, 0.3) is 11.5 Å². The average molecular weight is 289 g/mol. The topological polar surface area (TPSA) is 78.5 Å². The fourth-order valence-corrected chi connectivity index (χ4v) is 2.55. The molecule has 0 saturated carbocycles. The van der Waals surface area contributed by atoms with E-state index in [1.54, 1.807) is 12.3 Å². The molecule has 1 fully saturated rings. The van der Waals surface area contributed by atoms with E-state index in [4.69, 9.17) is 4.52 Å². The number of likely N-dealkylation sites (N-methyl/N-ethyl adjacent to an activating group) is 2. The normalized spacial score (nSPS) is 20.8. The first-order valence-corrected chi connectivity index (χ1v) is 6.98. The number of hydrogen-bond donors (Lipinski definition) is 1. The molecule has 0 aliphatic carbocycles. The SMILES string of the molecule is CN1CCN(C)C(Cc2noc(-c3ccncc3O)n2)C1. The Morgan fingerprint density at radius 3 is 3.05 bits per heavy atom. The molecule has 2 aromatic rings. The molecule has 0 amide bonds. The molecule has 3 rings (SSSR count). The van der Waals surface area contributed by atoms with Crippen LogP contribution in [0.3, 0.4) is 0 Å². The molecule has 1 atom stereocenters. The lowest BCUT2D eigenvalue weighted by Crippen LogP contribution is -2.50. The Morgan fingerprint density at radius 2 is 2.24 bits per heavy atom. The van der Waals surface area contributed by atoms with Crippen LogP contribution in [0, 0.1) is 0 Å². The average Bonchev–Trinajstić information content (AvgIpc) is 2.92. The van der Waals surface area contributed by atoms with Gasteiger partial charge in [0, 0.05) is 38.3 Å². The third kappa shape index (κ3) is 3.03. The highest BCUT2D eigenvalue weighted by molar-refractivity contribution is 5.60. The summed E-state index contributed by atoms with van der Waals surface area (Å²) in [5.41, 5.74) is 0.512. The van der Waals surface area contributed by atoms with Gasteiger partial charge in [0.1, 0.15) is 5.75 Å². The zero-order valence-corrected chi connectivity index (χ0v) is 12.2. The molecule has 2 aromatic heterocycles. The molecule has 1 aliphatic heterocycles. The Bertz CT molecular complexity index is 615. The number of nitrogens with zero attached hydrogens (tertiary/aromatic N) is 5. The van der Waals surface area contributed by atoms with E-state index in [0.29, 0.717) is 23.3 Å². The fraction of sp³-hybridized carbons (Fsp3) is 0.500. The van der Waals surface area contributed by atoms with Crippen molar-refractivity contribution in [3.05, 3.63) is 24.3 Å². The smallest absolute Gasteiger partial charge is 0.261 e. The number of hydrogen-bond acceptors (Lipinski definition) is 7. The van der Waals surface area contributed by atoms with E-state index in [2.05, 4.69) is 39.0 Å². The molecule has 3 heterocycles. The lowest BCUT2D eigenvalue weighted by Gasteiger charge is -2.37. The van der Waals surface area contributed by atoms with Crippen molar-refractivity contribution in [2.75, 3.05) is 33.7 Å². The minimum absolute atomic E-state index is 0.0437. The van der Waals surface area contributed by atoms with Gasteiger partial charge in [0.2, 0.25) is 0 Å². The maximum Gasteiger partial charge on any atom is 0.261 e. The molecule has 0 radical (unpaired) electrons. The summed E-state index contributed by atoms with van der Waals surface area (Å²) in [6.07, 6.45) is 3.68. The Labute approximate surface area is 123 Å². The summed E-state index contributed by atoms with van der Waals surface area (Å²) in [5, 5.41) is 13.8. The van der Waals surface area contributed by atoms with Gasteiger partial charge in [-0.15, -0.1) is 0 Å². The summed E-state index contributed by atoms with van der Waals surface area (Å²) in [6.45, 7) is 3.10. The Morgan fingerprint density at radius 1 is 1.38 bits per heavy atom. The minimum Gasteiger partial charge on any atom is -0.505 e. The van der Waals surface area contributed by atoms with Crippen molar-refractivity contribution < 1.29 is 9.63 Å². The van der Waals surface area contributed by atoms with E-state index in [-0.39, 0.29) is 5.75 Å². The van der Waals surface area contributed by atoms with Crippen molar-refractivity contribution in [3.63, 3.8) is 0 Å². The maximum atomic E-state index is 9.77. The largest absolute Gasteiger partial charge is 0.505 e. The Kier molecular flexibility index (Phi) is 3.85. The highest BCUT2D eigenvalue weighted by Crippen LogP contribution is 2.26. The quantitative estimate of drug-likeness (QED) is 0.887. The predicted octanol–water partition coefficient (Wildman–Crippen LogP) is 0.625. The highest BCUT2D eigenvalue weighted by Gasteiger charge is 2.24. The fourth-order valence-electron chi connectivity index (χ4n) is 2.55. The predicted molar refractivity (Wildman–Crippen MR) is 76.8 cm³/mol. The number of pyridine rings is 1. The summed E-state index contributed by atoms with van der Waals surface area (Å²) in [4.78, 5) is 12.8. The van der Waals surface area contributed by atoms with E-state index in [1.165, 1.54) is 6.20 Å². The van der Waals surface area contributed by atoms with Crippen LogP contribution in [0.15, 0.2) is 23.0 Å². The molecule has 1 N–H and O–H groups in total. The third-order valence-electron chi connectivity index (χ3n) is 3.90. The van der Waals surface area contributed by atoms with Crippen LogP contribution in [-0.2, 0) is 6.42 Å². The van der Waals surface area contributed by atoms with E-state index in [1.807, 2.05) is 0 Å². The summed E-state index contributed by atoms with van der Waals surface area (Å²) < 4.78 is 5.25. The van der Waals surface area contributed by atoms with Crippen LogP contribution in [0.1, 0.15) is 5.82 Å². The first-order chi connectivity index (χ1) is 10.1. The van der Waals surface area contributed by atoms with Gasteiger partial charge in [-0.05, 0) is 20.2 Å². The standard InChI is InChI=1S/C14H19N5O2/c1-18-5-6-19(2)10(9-18)7-13-16-14(21-17-13)11-3-4-15-8-12(11)20/h3-4,8,10,20H,5-7,9H2,1-2H3. The Hall–Kier alpha value is -1.99. The van der Waals surface area contributed by atoms with Gasteiger partial charge >= 0.3 is 0 Å². The van der Waals surface area contributed by atoms with Crippen LogP contribution >= 0.6 is 0 Å². The lowest BCUT2D eigenvalue weighted by atomic mass is 10.1. The van der Waals surface area contributed by atoms with Crippen molar-refractivity contribution >= 4 is 0 Å². The summed E-state index contributed by atoms with van der Waals surface area (Å²) in [6, 6.07) is 2.04. The van der Waals surface area contributed by atoms with Gasteiger partial charge in [0.05, 0.1) is 11.8 Å². The molecule has 21 heavy (non-hydrogen) atoms. The molecule has 1 unspecified atom stereocenters. The van der Waals surface area contributed by atoms with Crippen LogP contribution in [0.5, 0.6) is 5.75 Å². The van der Waals surface area contributed by atoms with Crippen LogP contribution in [0.4, 0.5) is 0 Å². The molecular formula is C14H19N5O2. The summed E-state index contributed by atoms with van der Waals surface area (Å²) in [5.74, 6) is 1.03. The second-order valence-electron chi connectivity index (χ2n) is 5.51. The molecular weight excluding hydrogens is 270 g/mol. The number of rotatable bonds is 3. The lowest BCUT2D eigenvalue weighted by molar-refractivity contribution is 0.113. The maximum absolute atomic E-state index is 9.77.